The second-order valence-electron chi connectivity index (χ2n) is 6.76. The van der Waals surface area contributed by atoms with Gasteiger partial charge >= 0.3 is 6.03 Å². The van der Waals surface area contributed by atoms with Gasteiger partial charge in [0.05, 0.1) is 12.1 Å². The van der Waals surface area contributed by atoms with E-state index in [1.807, 2.05) is 17.0 Å². The number of nitrogens with zero attached hydrogens (tertiary/aromatic N) is 2. The van der Waals surface area contributed by atoms with Crippen LogP contribution in [0, 0.1) is 18.8 Å². The SMILES string of the molecule is Cc1cccc(N2C(=O)N(CC(C)C)C3[C@@H](C)C=C[C@@H]32)c1. The van der Waals surface area contributed by atoms with Gasteiger partial charge in [-0.15, -0.1) is 0 Å². The summed E-state index contributed by atoms with van der Waals surface area (Å²) in [4.78, 5) is 17.0. The first-order valence-corrected chi connectivity index (χ1v) is 7.84. The smallest absolute Gasteiger partial charge is 0.318 e. The van der Waals surface area contributed by atoms with E-state index in [1.165, 1.54) is 5.56 Å². The molecule has 1 aliphatic carbocycles. The number of fused-ring (bicyclic) bond motifs is 1. The van der Waals surface area contributed by atoms with E-state index in [1.54, 1.807) is 0 Å². The maximum absolute atomic E-state index is 12.9. The van der Waals surface area contributed by atoms with Crippen molar-refractivity contribution in [2.75, 3.05) is 11.4 Å². The average molecular weight is 284 g/mol. The van der Waals surface area contributed by atoms with Crippen LogP contribution < -0.4 is 4.90 Å². The molecule has 0 radical (unpaired) electrons. The highest BCUT2D eigenvalue weighted by Crippen LogP contribution is 2.38. The molecule has 1 heterocycles. The minimum atomic E-state index is 0.153. The van der Waals surface area contributed by atoms with E-state index in [2.05, 4.69) is 56.9 Å². The standard InChI is InChI=1S/C18H24N2O/c1-12(2)11-19-17-14(4)8-9-16(17)20(18(19)21)15-7-5-6-13(3)10-15/h5-10,12,14,16-17H,11H2,1-4H3/t14-,16-,17?/m0/s1. The Labute approximate surface area is 127 Å². The van der Waals surface area contributed by atoms with E-state index in [9.17, 15) is 4.79 Å². The molecular weight excluding hydrogens is 260 g/mol. The number of urea groups is 1. The molecule has 3 nitrogen and oxygen atoms in total. The molecule has 0 bridgehead atoms. The third-order valence-electron chi connectivity index (χ3n) is 4.45. The van der Waals surface area contributed by atoms with Crippen molar-refractivity contribution < 1.29 is 4.79 Å². The largest absolute Gasteiger partial charge is 0.325 e. The second kappa shape index (κ2) is 5.21. The third-order valence-corrected chi connectivity index (χ3v) is 4.45. The molecule has 0 N–H and O–H groups in total. The zero-order valence-corrected chi connectivity index (χ0v) is 13.3. The summed E-state index contributed by atoms with van der Waals surface area (Å²) in [5.74, 6) is 0.910. The van der Waals surface area contributed by atoms with Crippen LogP contribution >= 0.6 is 0 Å². The van der Waals surface area contributed by atoms with Crippen molar-refractivity contribution in [2.45, 2.75) is 39.8 Å². The number of rotatable bonds is 3. The van der Waals surface area contributed by atoms with Crippen molar-refractivity contribution >= 4 is 11.7 Å². The Morgan fingerprint density at radius 2 is 2.00 bits per heavy atom. The summed E-state index contributed by atoms with van der Waals surface area (Å²) in [5, 5.41) is 0. The molecule has 1 aromatic carbocycles. The maximum Gasteiger partial charge on any atom is 0.325 e. The number of carbonyl (C=O) groups excluding carboxylic acids is 1. The van der Waals surface area contributed by atoms with Crippen LogP contribution in [0.15, 0.2) is 36.4 Å². The summed E-state index contributed by atoms with van der Waals surface area (Å²) < 4.78 is 0. The molecular formula is C18H24N2O. The van der Waals surface area contributed by atoms with Crippen LogP contribution in [0.4, 0.5) is 10.5 Å². The lowest BCUT2D eigenvalue weighted by atomic mass is 10.0. The van der Waals surface area contributed by atoms with Gasteiger partial charge in [-0.3, -0.25) is 4.90 Å². The molecule has 3 rings (SSSR count). The Morgan fingerprint density at radius 3 is 2.67 bits per heavy atom. The summed E-state index contributed by atoms with van der Waals surface area (Å²) in [5.41, 5.74) is 2.20. The molecule has 21 heavy (non-hydrogen) atoms. The minimum Gasteiger partial charge on any atom is -0.318 e. The molecule has 112 valence electrons. The summed E-state index contributed by atoms with van der Waals surface area (Å²) >= 11 is 0. The predicted molar refractivity (Wildman–Crippen MR) is 86.5 cm³/mol. The van der Waals surface area contributed by atoms with Gasteiger partial charge in [-0.1, -0.05) is 45.1 Å². The van der Waals surface area contributed by atoms with Crippen LogP contribution in [0.2, 0.25) is 0 Å². The highest BCUT2D eigenvalue weighted by atomic mass is 16.2. The van der Waals surface area contributed by atoms with Gasteiger partial charge < -0.3 is 4.90 Å². The van der Waals surface area contributed by atoms with Gasteiger partial charge in [-0.2, -0.15) is 0 Å². The van der Waals surface area contributed by atoms with Crippen LogP contribution in [-0.4, -0.2) is 29.6 Å². The van der Waals surface area contributed by atoms with Crippen molar-refractivity contribution in [1.29, 1.82) is 0 Å². The zero-order chi connectivity index (χ0) is 15.1. The van der Waals surface area contributed by atoms with Crippen molar-refractivity contribution in [1.82, 2.24) is 4.90 Å². The van der Waals surface area contributed by atoms with Gasteiger partial charge in [0.1, 0.15) is 0 Å². The van der Waals surface area contributed by atoms with Crippen molar-refractivity contribution in [3.63, 3.8) is 0 Å². The summed E-state index contributed by atoms with van der Waals surface area (Å²) in [6.45, 7) is 9.45. The van der Waals surface area contributed by atoms with Gasteiger partial charge in [0.2, 0.25) is 0 Å². The first-order chi connectivity index (χ1) is 9.99. The van der Waals surface area contributed by atoms with Crippen LogP contribution in [0.5, 0.6) is 0 Å². The normalized spacial score (nSPS) is 27.9. The first kappa shape index (κ1) is 14.2. The van der Waals surface area contributed by atoms with Gasteiger partial charge in [-0.25, -0.2) is 4.79 Å². The Balaban J connectivity index is 1.98. The molecule has 2 aliphatic rings. The van der Waals surface area contributed by atoms with Crippen LogP contribution in [0.3, 0.4) is 0 Å². The summed E-state index contributed by atoms with van der Waals surface area (Å²) in [7, 11) is 0. The number of anilines is 1. The molecule has 1 aliphatic heterocycles. The van der Waals surface area contributed by atoms with E-state index in [0.29, 0.717) is 11.8 Å². The fraction of sp³-hybridized carbons (Fsp3) is 0.500. The summed E-state index contributed by atoms with van der Waals surface area (Å²) in [6.07, 6.45) is 4.45. The molecule has 0 saturated carbocycles. The molecule has 3 atom stereocenters. The van der Waals surface area contributed by atoms with Gasteiger partial charge in [0, 0.05) is 12.2 Å². The number of benzene rings is 1. The number of aryl methyl sites for hydroxylation is 1. The van der Waals surface area contributed by atoms with E-state index in [0.717, 1.165) is 12.2 Å². The molecule has 0 aromatic heterocycles. The van der Waals surface area contributed by atoms with Gasteiger partial charge in [0.15, 0.2) is 0 Å². The van der Waals surface area contributed by atoms with Crippen LogP contribution in [-0.2, 0) is 0 Å². The van der Waals surface area contributed by atoms with Crippen molar-refractivity contribution in [2.24, 2.45) is 11.8 Å². The lowest BCUT2D eigenvalue weighted by Crippen LogP contribution is -2.40. The fourth-order valence-corrected chi connectivity index (χ4v) is 3.58. The molecule has 1 unspecified atom stereocenters. The molecule has 1 aromatic rings. The second-order valence-corrected chi connectivity index (χ2v) is 6.76. The average Bonchev–Trinajstić information content (AvgIpc) is 2.90. The van der Waals surface area contributed by atoms with Crippen LogP contribution in [0.25, 0.3) is 0 Å². The highest BCUT2D eigenvalue weighted by molar-refractivity contribution is 5.96. The molecule has 2 amide bonds. The Hall–Kier alpha value is -1.77. The van der Waals surface area contributed by atoms with Gasteiger partial charge in [0.25, 0.3) is 0 Å². The van der Waals surface area contributed by atoms with E-state index < -0.39 is 0 Å². The summed E-state index contributed by atoms with van der Waals surface area (Å²) in [6, 6.07) is 8.84. The lowest BCUT2D eigenvalue weighted by Gasteiger charge is -2.27. The van der Waals surface area contributed by atoms with Crippen molar-refractivity contribution in [3.8, 4) is 0 Å². The quantitative estimate of drug-likeness (QED) is 0.774. The first-order valence-electron chi connectivity index (χ1n) is 7.84. The zero-order valence-electron chi connectivity index (χ0n) is 13.3. The van der Waals surface area contributed by atoms with E-state index in [4.69, 9.17) is 0 Å². The minimum absolute atomic E-state index is 0.153. The number of hydrogen-bond donors (Lipinski definition) is 0. The molecule has 0 spiro atoms. The number of hydrogen-bond acceptors (Lipinski definition) is 1. The Bertz CT molecular complexity index is 578. The lowest BCUT2D eigenvalue weighted by molar-refractivity contribution is 0.185. The Morgan fingerprint density at radius 1 is 1.24 bits per heavy atom. The highest BCUT2D eigenvalue weighted by Gasteiger charge is 2.49. The fourth-order valence-electron chi connectivity index (χ4n) is 3.58. The van der Waals surface area contributed by atoms with E-state index >= 15 is 0 Å². The maximum atomic E-state index is 12.9. The topological polar surface area (TPSA) is 23.6 Å². The third kappa shape index (κ3) is 2.35. The van der Waals surface area contributed by atoms with Gasteiger partial charge in [-0.05, 0) is 36.5 Å². The molecule has 3 heteroatoms. The van der Waals surface area contributed by atoms with Crippen LogP contribution in [0.1, 0.15) is 26.3 Å². The number of amides is 2. The monoisotopic (exact) mass is 284 g/mol. The number of carbonyl (C=O) groups is 1. The predicted octanol–water partition coefficient (Wildman–Crippen LogP) is 3.84. The molecule has 1 fully saturated rings. The van der Waals surface area contributed by atoms with E-state index in [-0.39, 0.29) is 18.1 Å². The Kier molecular flexibility index (Phi) is 3.52. The molecule has 1 saturated heterocycles. The van der Waals surface area contributed by atoms with Crippen molar-refractivity contribution in [3.05, 3.63) is 42.0 Å².